The number of para-hydroxylation sites is 1. The van der Waals surface area contributed by atoms with Crippen molar-refractivity contribution in [3.8, 4) is 0 Å². The Morgan fingerprint density at radius 3 is 2.95 bits per heavy atom. The fraction of sp³-hybridized carbons (Fsp3) is 0.333. The van der Waals surface area contributed by atoms with Gasteiger partial charge in [0.05, 0.1) is 28.8 Å². The van der Waals surface area contributed by atoms with Gasteiger partial charge in [-0.1, -0.05) is 23.7 Å². The van der Waals surface area contributed by atoms with E-state index in [0.29, 0.717) is 18.1 Å². The summed E-state index contributed by atoms with van der Waals surface area (Å²) < 4.78 is 1.94. The van der Waals surface area contributed by atoms with Crippen LogP contribution in [-0.4, -0.2) is 28.0 Å². The third kappa shape index (κ3) is 2.80. The fourth-order valence-electron chi connectivity index (χ4n) is 2.56. The molecule has 1 fully saturated rings. The molecule has 110 valence electrons. The van der Waals surface area contributed by atoms with Crippen molar-refractivity contribution in [3.63, 3.8) is 0 Å². The molecule has 0 spiro atoms. The number of anilines is 1. The molecular formula is C15H17ClN4O. The topological polar surface area (TPSA) is 50.2 Å². The van der Waals surface area contributed by atoms with Gasteiger partial charge in [-0.15, -0.1) is 0 Å². The standard InChI is InChI=1S/C15H17ClN4O/c1-19-10-17-8-11(19)9-18-13-6-7-20(15(13)21)14-5-3-2-4-12(14)16/h2-5,8,10,13,18H,6-7,9H2,1H3/t13-/m0/s1. The van der Waals surface area contributed by atoms with Crippen molar-refractivity contribution in [1.29, 1.82) is 0 Å². The van der Waals surface area contributed by atoms with E-state index in [0.717, 1.165) is 17.8 Å². The van der Waals surface area contributed by atoms with Crippen LogP contribution in [-0.2, 0) is 18.4 Å². The maximum Gasteiger partial charge on any atom is 0.244 e. The monoisotopic (exact) mass is 304 g/mol. The highest BCUT2D eigenvalue weighted by Crippen LogP contribution is 2.29. The second-order valence-electron chi connectivity index (χ2n) is 5.16. The van der Waals surface area contributed by atoms with Crippen LogP contribution in [0.3, 0.4) is 0 Å². The molecule has 3 rings (SSSR count). The molecule has 5 nitrogen and oxygen atoms in total. The van der Waals surface area contributed by atoms with Crippen molar-refractivity contribution in [1.82, 2.24) is 14.9 Å². The van der Waals surface area contributed by atoms with Crippen molar-refractivity contribution >= 4 is 23.2 Å². The lowest BCUT2D eigenvalue weighted by Gasteiger charge is -2.18. The summed E-state index contributed by atoms with van der Waals surface area (Å²) in [7, 11) is 1.94. The van der Waals surface area contributed by atoms with Crippen LogP contribution in [0, 0.1) is 0 Å². The normalized spacial score (nSPS) is 18.5. The maximum absolute atomic E-state index is 12.5. The van der Waals surface area contributed by atoms with Crippen molar-refractivity contribution in [2.45, 2.75) is 19.0 Å². The lowest BCUT2D eigenvalue weighted by molar-refractivity contribution is -0.118. The number of nitrogens with zero attached hydrogens (tertiary/aromatic N) is 3. The number of amides is 1. The van der Waals surface area contributed by atoms with Gasteiger partial charge in [0.25, 0.3) is 0 Å². The molecular weight excluding hydrogens is 288 g/mol. The maximum atomic E-state index is 12.5. The Hall–Kier alpha value is -1.85. The van der Waals surface area contributed by atoms with E-state index in [2.05, 4.69) is 10.3 Å². The number of hydrogen-bond acceptors (Lipinski definition) is 3. The van der Waals surface area contributed by atoms with Gasteiger partial charge in [0.1, 0.15) is 0 Å². The molecule has 0 radical (unpaired) electrons. The van der Waals surface area contributed by atoms with Gasteiger partial charge in [0.15, 0.2) is 0 Å². The number of benzene rings is 1. The SMILES string of the molecule is Cn1cncc1CN[C@H]1CCN(c2ccccc2Cl)C1=O. The molecule has 2 aromatic rings. The zero-order valence-corrected chi connectivity index (χ0v) is 12.5. The van der Waals surface area contributed by atoms with Gasteiger partial charge in [-0.3, -0.25) is 4.79 Å². The third-order valence-electron chi connectivity index (χ3n) is 3.79. The zero-order chi connectivity index (χ0) is 14.8. The van der Waals surface area contributed by atoms with Crippen LogP contribution in [0.2, 0.25) is 5.02 Å². The number of aryl methyl sites for hydroxylation is 1. The molecule has 1 saturated heterocycles. The van der Waals surface area contributed by atoms with Crippen LogP contribution in [0.1, 0.15) is 12.1 Å². The Morgan fingerprint density at radius 2 is 2.24 bits per heavy atom. The van der Waals surface area contributed by atoms with E-state index in [9.17, 15) is 4.79 Å². The minimum atomic E-state index is -0.170. The minimum absolute atomic E-state index is 0.0743. The van der Waals surface area contributed by atoms with Crippen LogP contribution in [0.4, 0.5) is 5.69 Å². The smallest absolute Gasteiger partial charge is 0.244 e. The Labute approximate surface area is 128 Å². The molecule has 0 aliphatic carbocycles. The van der Waals surface area contributed by atoms with Crippen molar-refractivity contribution in [3.05, 3.63) is 47.5 Å². The van der Waals surface area contributed by atoms with E-state index in [-0.39, 0.29) is 11.9 Å². The molecule has 1 atom stereocenters. The van der Waals surface area contributed by atoms with Crippen LogP contribution < -0.4 is 10.2 Å². The number of aromatic nitrogens is 2. The first-order valence-corrected chi connectivity index (χ1v) is 7.29. The predicted molar refractivity (Wildman–Crippen MR) is 82.3 cm³/mol. The predicted octanol–water partition coefficient (Wildman–Crippen LogP) is 1.97. The van der Waals surface area contributed by atoms with Crippen LogP contribution in [0.5, 0.6) is 0 Å². The quantitative estimate of drug-likeness (QED) is 0.939. The van der Waals surface area contributed by atoms with E-state index in [1.165, 1.54) is 0 Å². The lowest BCUT2D eigenvalue weighted by Crippen LogP contribution is -2.38. The molecule has 2 heterocycles. The highest BCUT2D eigenvalue weighted by molar-refractivity contribution is 6.33. The van der Waals surface area contributed by atoms with Gasteiger partial charge in [0, 0.05) is 26.3 Å². The van der Waals surface area contributed by atoms with Gasteiger partial charge in [-0.05, 0) is 18.6 Å². The first-order valence-electron chi connectivity index (χ1n) is 6.91. The van der Waals surface area contributed by atoms with E-state index < -0.39 is 0 Å². The highest BCUT2D eigenvalue weighted by Gasteiger charge is 2.33. The average Bonchev–Trinajstić information content (AvgIpc) is 3.04. The molecule has 0 unspecified atom stereocenters. The number of nitrogens with one attached hydrogen (secondary N) is 1. The largest absolute Gasteiger partial charge is 0.337 e. The van der Waals surface area contributed by atoms with Crippen LogP contribution in [0.25, 0.3) is 0 Å². The summed E-state index contributed by atoms with van der Waals surface area (Å²) in [6.45, 7) is 1.31. The van der Waals surface area contributed by atoms with E-state index in [4.69, 9.17) is 11.6 Å². The molecule has 1 aliphatic rings. The second-order valence-corrected chi connectivity index (χ2v) is 5.57. The number of carbonyl (C=O) groups is 1. The fourth-order valence-corrected chi connectivity index (χ4v) is 2.80. The number of hydrogen-bond donors (Lipinski definition) is 1. The van der Waals surface area contributed by atoms with Gasteiger partial charge >= 0.3 is 0 Å². The minimum Gasteiger partial charge on any atom is -0.337 e. The van der Waals surface area contributed by atoms with Crippen molar-refractivity contribution in [2.24, 2.45) is 7.05 Å². The summed E-state index contributed by atoms with van der Waals surface area (Å²) in [5.41, 5.74) is 1.84. The van der Waals surface area contributed by atoms with E-state index in [1.807, 2.05) is 29.8 Å². The zero-order valence-electron chi connectivity index (χ0n) is 11.8. The molecule has 1 N–H and O–H groups in total. The van der Waals surface area contributed by atoms with Gasteiger partial charge < -0.3 is 14.8 Å². The number of imidazole rings is 1. The highest BCUT2D eigenvalue weighted by atomic mass is 35.5. The van der Waals surface area contributed by atoms with E-state index in [1.54, 1.807) is 23.5 Å². The Balaban J connectivity index is 1.67. The molecule has 1 amide bonds. The summed E-state index contributed by atoms with van der Waals surface area (Å²) in [5.74, 6) is 0.0743. The second kappa shape index (κ2) is 5.87. The third-order valence-corrected chi connectivity index (χ3v) is 4.11. The first-order chi connectivity index (χ1) is 10.2. The molecule has 0 bridgehead atoms. The lowest BCUT2D eigenvalue weighted by atomic mass is 10.2. The Morgan fingerprint density at radius 1 is 1.43 bits per heavy atom. The van der Waals surface area contributed by atoms with Gasteiger partial charge in [-0.2, -0.15) is 0 Å². The molecule has 1 aromatic heterocycles. The summed E-state index contributed by atoms with van der Waals surface area (Å²) in [6, 6.07) is 7.27. The van der Waals surface area contributed by atoms with E-state index >= 15 is 0 Å². The van der Waals surface area contributed by atoms with Gasteiger partial charge in [0.2, 0.25) is 5.91 Å². The number of carbonyl (C=O) groups excluding carboxylic acids is 1. The van der Waals surface area contributed by atoms with Crippen molar-refractivity contribution < 1.29 is 4.79 Å². The summed E-state index contributed by atoms with van der Waals surface area (Å²) in [6.07, 6.45) is 4.34. The Bertz CT molecular complexity index is 655. The average molecular weight is 305 g/mol. The molecule has 21 heavy (non-hydrogen) atoms. The summed E-state index contributed by atoms with van der Waals surface area (Å²) >= 11 is 6.17. The summed E-state index contributed by atoms with van der Waals surface area (Å²) in [4.78, 5) is 18.3. The van der Waals surface area contributed by atoms with Crippen molar-refractivity contribution in [2.75, 3.05) is 11.4 Å². The molecule has 0 saturated carbocycles. The van der Waals surface area contributed by atoms with Crippen LogP contribution >= 0.6 is 11.6 Å². The first kappa shape index (κ1) is 14.1. The molecule has 1 aromatic carbocycles. The summed E-state index contributed by atoms with van der Waals surface area (Å²) in [5, 5.41) is 3.91. The van der Waals surface area contributed by atoms with Crippen LogP contribution in [0.15, 0.2) is 36.8 Å². The number of halogens is 1. The molecule has 6 heteroatoms. The van der Waals surface area contributed by atoms with Gasteiger partial charge in [-0.25, -0.2) is 4.98 Å². The molecule has 1 aliphatic heterocycles. The number of rotatable bonds is 4. The Kier molecular flexibility index (Phi) is 3.94.